The van der Waals surface area contributed by atoms with Gasteiger partial charge in [-0.3, -0.25) is 10.00 Å². The zero-order valence-corrected chi connectivity index (χ0v) is 16.6. The van der Waals surface area contributed by atoms with Gasteiger partial charge in [0.1, 0.15) is 5.75 Å². The minimum atomic E-state index is -0.520. The molecule has 1 aromatic carbocycles. The molecule has 26 heavy (non-hydrogen) atoms. The Bertz CT molecular complexity index is 756. The average Bonchev–Trinajstić information content (AvgIpc) is 2.84. The van der Waals surface area contributed by atoms with Gasteiger partial charge in [0, 0.05) is 22.3 Å². The number of nitrogens with one attached hydrogen (secondary N) is 1. The van der Waals surface area contributed by atoms with E-state index in [0.717, 1.165) is 17.0 Å². The molecule has 0 unspecified atom stereocenters. The summed E-state index contributed by atoms with van der Waals surface area (Å²) < 4.78 is 12.8. The summed E-state index contributed by atoms with van der Waals surface area (Å²) in [6, 6.07) is 7.35. The van der Waals surface area contributed by atoms with Crippen LogP contribution in [0.1, 0.15) is 39.0 Å². The molecule has 0 radical (unpaired) electrons. The first-order valence-electron chi connectivity index (χ1n) is 8.68. The summed E-state index contributed by atoms with van der Waals surface area (Å²) in [7, 11) is 0. The number of aryl methyl sites for hydroxylation is 1. The molecule has 2 aromatic rings. The second kappa shape index (κ2) is 8.94. The van der Waals surface area contributed by atoms with Crippen molar-refractivity contribution in [2.45, 2.75) is 47.3 Å². The lowest BCUT2D eigenvalue weighted by molar-refractivity contribution is 0.130. The van der Waals surface area contributed by atoms with Crippen LogP contribution in [0.4, 0.5) is 10.6 Å². The van der Waals surface area contributed by atoms with E-state index in [0.29, 0.717) is 29.9 Å². The molecule has 0 aliphatic rings. The third-order valence-electron chi connectivity index (χ3n) is 3.47. The van der Waals surface area contributed by atoms with Gasteiger partial charge in [-0.1, -0.05) is 25.4 Å². The van der Waals surface area contributed by atoms with E-state index in [1.165, 1.54) is 0 Å². The largest absolute Gasteiger partial charge is 0.493 e. The summed E-state index contributed by atoms with van der Waals surface area (Å²) in [5, 5.41) is 7.70. The Morgan fingerprint density at radius 1 is 1.27 bits per heavy atom. The Morgan fingerprint density at radius 3 is 2.65 bits per heavy atom. The molecule has 6 nitrogen and oxygen atoms in total. The molecule has 1 heterocycles. The van der Waals surface area contributed by atoms with Gasteiger partial charge in [-0.25, -0.2) is 4.79 Å². The summed E-state index contributed by atoms with van der Waals surface area (Å²) in [4.78, 5) is 11.7. The van der Waals surface area contributed by atoms with Crippen LogP contribution in [0, 0.1) is 12.8 Å². The fourth-order valence-electron chi connectivity index (χ4n) is 2.31. The number of benzene rings is 1. The quantitative estimate of drug-likeness (QED) is 0.744. The molecular weight excluding hydrogens is 354 g/mol. The number of hydrogen-bond acceptors (Lipinski definition) is 4. The van der Waals surface area contributed by atoms with Gasteiger partial charge >= 0.3 is 6.09 Å². The van der Waals surface area contributed by atoms with Gasteiger partial charge in [0.05, 0.1) is 19.3 Å². The molecule has 142 valence electrons. The van der Waals surface area contributed by atoms with Crippen molar-refractivity contribution in [3.63, 3.8) is 0 Å². The number of hydrogen-bond donors (Lipinski definition) is 1. The number of aromatic nitrogens is 2. The van der Waals surface area contributed by atoms with Crippen LogP contribution >= 0.6 is 11.6 Å². The number of halogens is 1. The van der Waals surface area contributed by atoms with Crippen LogP contribution in [0.15, 0.2) is 24.3 Å². The minimum absolute atomic E-state index is 0.190. The highest BCUT2D eigenvalue weighted by Crippen LogP contribution is 2.25. The SMILES string of the molecule is Cc1cc(NC(=O)OC(C)C)nn1Cc1cc(Cl)ccc1OCC(C)C. The zero-order valence-electron chi connectivity index (χ0n) is 15.9. The molecular formula is C19H26ClN3O3. The van der Waals surface area contributed by atoms with Crippen LogP contribution in [0.5, 0.6) is 5.75 Å². The highest BCUT2D eigenvalue weighted by molar-refractivity contribution is 6.30. The van der Waals surface area contributed by atoms with Crippen LogP contribution < -0.4 is 10.1 Å². The third kappa shape index (κ3) is 5.95. The van der Waals surface area contributed by atoms with Gasteiger partial charge < -0.3 is 9.47 Å². The van der Waals surface area contributed by atoms with E-state index in [1.54, 1.807) is 24.6 Å². The lowest BCUT2D eigenvalue weighted by atomic mass is 10.2. The van der Waals surface area contributed by atoms with Gasteiger partial charge in [-0.15, -0.1) is 0 Å². The van der Waals surface area contributed by atoms with E-state index in [4.69, 9.17) is 21.1 Å². The normalized spacial score (nSPS) is 11.1. The van der Waals surface area contributed by atoms with Crippen molar-refractivity contribution in [3.8, 4) is 5.75 Å². The predicted molar refractivity (Wildman–Crippen MR) is 103 cm³/mol. The second-order valence-electron chi connectivity index (χ2n) is 6.86. The third-order valence-corrected chi connectivity index (χ3v) is 3.70. The summed E-state index contributed by atoms with van der Waals surface area (Å²) in [5.74, 6) is 1.65. The lowest BCUT2D eigenvalue weighted by Crippen LogP contribution is -2.18. The molecule has 0 saturated heterocycles. The Morgan fingerprint density at radius 2 is 2.00 bits per heavy atom. The van der Waals surface area contributed by atoms with Crippen LogP contribution in [0.2, 0.25) is 5.02 Å². The van der Waals surface area contributed by atoms with E-state index in [2.05, 4.69) is 24.3 Å². The standard InChI is InChI=1S/C19H26ClN3O3/c1-12(2)11-25-17-7-6-16(20)9-15(17)10-23-14(5)8-18(22-23)21-19(24)26-13(3)4/h6-9,12-13H,10-11H2,1-5H3,(H,21,22,24). The summed E-state index contributed by atoms with van der Waals surface area (Å²) >= 11 is 6.15. The molecule has 7 heteroatoms. The number of carbonyl (C=O) groups excluding carboxylic acids is 1. The monoisotopic (exact) mass is 379 g/mol. The van der Waals surface area contributed by atoms with Crippen LogP contribution in [0.25, 0.3) is 0 Å². The van der Waals surface area contributed by atoms with Gasteiger partial charge in [-0.05, 0) is 44.9 Å². The molecule has 0 fully saturated rings. The van der Waals surface area contributed by atoms with E-state index < -0.39 is 6.09 Å². The molecule has 0 bridgehead atoms. The van der Waals surface area contributed by atoms with E-state index >= 15 is 0 Å². The van der Waals surface area contributed by atoms with Crippen molar-refractivity contribution in [2.24, 2.45) is 5.92 Å². The Balaban J connectivity index is 2.15. The van der Waals surface area contributed by atoms with Crippen LogP contribution in [0.3, 0.4) is 0 Å². The molecule has 1 amide bonds. The van der Waals surface area contributed by atoms with E-state index in [1.807, 2.05) is 25.1 Å². The first-order valence-corrected chi connectivity index (χ1v) is 9.05. The molecule has 1 N–H and O–H groups in total. The molecule has 0 spiro atoms. The van der Waals surface area contributed by atoms with Crippen molar-refractivity contribution in [2.75, 3.05) is 11.9 Å². The number of amides is 1. The topological polar surface area (TPSA) is 65.4 Å². The number of carbonyl (C=O) groups is 1. The summed E-state index contributed by atoms with van der Waals surface area (Å²) in [5.41, 5.74) is 1.83. The first kappa shape index (κ1) is 20.1. The average molecular weight is 380 g/mol. The number of ether oxygens (including phenoxy) is 2. The number of rotatable bonds is 7. The molecule has 2 rings (SSSR count). The minimum Gasteiger partial charge on any atom is -0.493 e. The number of anilines is 1. The fraction of sp³-hybridized carbons (Fsp3) is 0.474. The van der Waals surface area contributed by atoms with Gasteiger partial charge in [-0.2, -0.15) is 5.10 Å². The summed E-state index contributed by atoms with van der Waals surface area (Å²) in [6.45, 7) is 10.8. The van der Waals surface area contributed by atoms with Gasteiger partial charge in [0.2, 0.25) is 0 Å². The molecule has 0 atom stereocenters. The van der Waals surface area contributed by atoms with Gasteiger partial charge in [0.25, 0.3) is 0 Å². The Kier molecular flexibility index (Phi) is 6.91. The molecule has 0 aliphatic heterocycles. The number of nitrogens with zero attached hydrogens (tertiary/aromatic N) is 2. The molecule has 0 saturated carbocycles. The Labute approximate surface area is 159 Å². The maximum absolute atomic E-state index is 11.7. The highest BCUT2D eigenvalue weighted by atomic mass is 35.5. The van der Waals surface area contributed by atoms with Crippen molar-refractivity contribution < 1.29 is 14.3 Å². The van der Waals surface area contributed by atoms with Crippen molar-refractivity contribution in [1.29, 1.82) is 0 Å². The smallest absolute Gasteiger partial charge is 0.413 e. The maximum atomic E-state index is 11.7. The second-order valence-corrected chi connectivity index (χ2v) is 7.30. The van der Waals surface area contributed by atoms with Crippen molar-refractivity contribution in [3.05, 3.63) is 40.5 Å². The zero-order chi connectivity index (χ0) is 19.3. The van der Waals surface area contributed by atoms with Crippen LogP contribution in [-0.2, 0) is 11.3 Å². The van der Waals surface area contributed by atoms with E-state index in [9.17, 15) is 4.79 Å². The van der Waals surface area contributed by atoms with E-state index in [-0.39, 0.29) is 6.10 Å². The predicted octanol–water partition coefficient (Wildman–Crippen LogP) is 4.88. The highest BCUT2D eigenvalue weighted by Gasteiger charge is 2.13. The fourth-order valence-corrected chi connectivity index (χ4v) is 2.50. The first-order chi connectivity index (χ1) is 12.2. The molecule has 1 aromatic heterocycles. The molecule has 0 aliphatic carbocycles. The maximum Gasteiger partial charge on any atom is 0.413 e. The van der Waals surface area contributed by atoms with Crippen LogP contribution in [-0.4, -0.2) is 28.6 Å². The van der Waals surface area contributed by atoms with Gasteiger partial charge in [0.15, 0.2) is 5.82 Å². The summed E-state index contributed by atoms with van der Waals surface area (Å²) in [6.07, 6.45) is -0.710. The lowest BCUT2D eigenvalue weighted by Gasteiger charge is -2.14. The Hall–Kier alpha value is -2.21. The van der Waals surface area contributed by atoms with Crippen molar-refractivity contribution in [1.82, 2.24) is 9.78 Å². The van der Waals surface area contributed by atoms with Crippen molar-refractivity contribution >= 4 is 23.5 Å².